The minimum atomic E-state index is -4.43. The van der Waals surface area contributed by atoms with Crippen LogP contribution in [0, 0.1) is 0 Å². The van der Waals surface area contributed by atoms with Gasteiger partial charge in [0.2, 0.25) is 0 Å². The minimum Gasteiger partial charge on any atom is -0.468 e. The van der Waals surface area contributed by atoms with Gasteiger partial charge in [-0.2, -0.15) is 13.2 Å². The maximum absolute atomic E-state index is 12.7. The average molecular weight is 342 g/mol. The lowest BCUT2D eigenvalue weighted by atomic mass is 10.1. The first-order chi connectivity index (χ1) is 11.3. The fraction of sp³-hybridized carbons (Fsp3) is 0.286. The quantitative estimate of drug-likeness (QED) is 0.827. The van der Waals surface area contributed by atoms with E-state index in [0.717, 1.165) is 12.1 Å². The van der Waals surface area contributed by atoms with Crippen molar-refractivity contribution in [1.82, 2.24) is 20.3 Å². The third-order valence-electron chi connectivity index (χ3n) is 2.99. The number of carbonyl (C=O) groups excluding carboxylic acids is 2. The molecule has 1 aromatic carbocycles. The van der Waals surface area contributed by atoms with Crippen LogP contribution < -0.4 is 5.32 Å². The van der Waals surface area contributed by atoms with Crippen LogP contribution >= 0.6 is 0 Å². The summed E-state index contributed by atoms with van der Waals surface area (Å²) in [4.78, 5) is 22.7. The van der Waals surface area contributed by atoms with E-state index < -0.39 is 23.6 Å². The van der Waals surface area contributed by atoms with Gasteiger partial charge in [-0.25, -0.2) is 4.68 Å². The van der Waals surface area contributed by atoms with Crippen LogP contribution in [-0.4, -0.2) is 40.5 Å². The number of ether oxygens (including phenoxy) is 1. The van der Waals surface area contributed by atoms with Crippen molar-refractivity contribution in [2.45, 2.75) is 12.7 Å². The van der Waals surface area contributed by atoms with Crippen LogP contribution in [-0.2, 0) is 22.3 Å². The summed E-state index contributed by atoms with van der Waals surface area (Å²) in [6.07, 6.45) is -3.16. The van der Waals surface area contributed by atoms with Crippen molar-refractivity contribution >= 4 is 11.9 Å². The molecule has 0 fully saturated rings. The Morgan fingerprint density at radius 3 is 2.75 bits per heavy atom. The number of carbonyl (C=O) groups is 2. The molecule has 0 aliphatic carbocycles. The molecule has 1 heterocycles. The number of hydrogen-bond donors (Lipinski definition) is 1. The molecule has 10 heteroatoms. The lowest BCUT2D eigenvalue weighted by molar-refractivity contribution is -0.139. The summed E-state index contributed by atoms with van der Waals surface area (Å²) in [6.45, 7) is -0.309. The molecule has 0 atom stereocenters. The summed E-state index contributed by atoms with van der Waals surface area (Å²) < 4.78 is 43.6. The Kier molecular flexibility index (Phi) is 5.17. The molecule has 24 heavy (non-hydrogen) atoms. The van der Waals surface area contributed by atoms with Gasteiger partial charge < -0.3 is 10.1 Å². The lowest BCUT2D eigenvalue weighted by Gasteiger charge is -2.08. The maximum Gasteiger partial charge on any atom is 0.416 e. The fourth-order valence-corrected chi connectivity index (χ4v) is 1.83. The molecule has 0 saturated heterocycles. The van der Waals surface area contributed by atoms with E-state index in [1.165, 1.54) is 30.1 Å². The van der Waals surface area contributed by atoms with E-state index in [9.17, 15) is 22.8 Å². The first-order valence-corrected chi connectivity index (χ1v) is 6.71. The molecule has 0 radical (unpaired) electrons. The van der Waals surface area contributed by atoms with Gasteiger partial charge in [-0.05, 0) is 17.7 Å². The van der Waals surface area contributed by atoms with E-state index in [1.54, 1.807) is 0 Å². The van der Waals surface area contributed by atoms with Gasteiger partial charge in [0.1, 0.15) is 6.54 Å². The van der Waals surface area contributed by atoms with Gasteiger partial charge in [0.15, 0.2) is 5.69 Å². The number of benzene rings is 1. The number of rotatable bonds is 5. The topological polar surface area (TPSA) is 86.1 Å². The monoisotopic (exact) mass is 342 g/mol. The molecule has 0 bridgehead atoms. The maximum atomic E-state index is 12.7. The smallest absolute Gasteiger partial charge is 0.416 e. The summed E-state index contributed by atoms with van der Waals surface area (Å²) in [5.74, 6) is -1.27. The molecule has 0 saturated carbocycles. The number of aromatic nitrogens is 3. The number of methoxy groups -OCH3 is 1. The molecule has 0 unspecified atom stereocenters. The normalized spacial score (nSPS) is 11.2. The number of halogens is 3. The highest BCUT2D eigenvalue weighted by molar-refractivity contribution is 5.93. The van der Waals surface area contributed by atoms with Crippen molar-refractivity contribution in [2.24, 2.45) is 0 Å². The van der Waals surface area contributed by atoms with Crippen molar-refractivity contribution in [3.63, 3.8) is 0 Å². The molecule has 0 aliphatic heterocycles. The van der Waals surface area contributed by atoms with E-state index in [1.807, 2.05) is 0 Å². The van der Waals surface area contributed by atoms with E-state index >= 15 is 0 Å². The molecule has 7 nitrogen and oxygen atoms in total. The second kappa shape index (κ2) is 7.11. The largest absolute Gasteiger partial charge is 0.468 e. The highest BCUT2D eigenvalue weighted by atomic mass is 19.4. The first kappa shape index (κ1) is 17.4. The Morgan fingerprint density at radius 1 is 1.33 bits per heavy atom. The van der Waals surface area contributed by atoms with Crippen LogP contribution in [0.15, 0.2) is 30.5 Å². The van der Waals surface area contributed by atoms with Gasteiger partial charge in [0.05, 0.1) is 25.4 Å². The third kappa shape index (κ3) is 4.54. The van der Waals surface area contributed by atoms with Crippen LogP contribution in [0.25, 0.3) is 0 Å². The zero-order valence-electron chi connectivity index (χ0n) is 12.5. The molecular weight excluding hydrogens is 329 g/mol. The Hall–Kier alpha value is -2.91. The predicted octanol–water partition coefficient (Wildman–Crippen LogP) is 1.25. The Bertz CT molecular complexity index is 743. The van der Waals surface area contributed by atoms with Gasteiger partial charge in [-0.3, -0.25) is 9.59 Å². The van der Waals surface area contributed by atoms with Crippen molar-refractivity contribution in [2.75, 3.05) is 13.7 Å². The average Bonchev–Trinajstić information content (AvgIpc) is 3.00. The Balaban J connectivity index is 2.04. The number of hydrogen-bond acceptors (Lipinski definition) is 5. The van der Waals surface area contributed by atoms with Crippen LogP contribution in [0.4, 0.5) is 13.2 Å². The zero-order chi connectivity index (χ0) is 17.7. The molecule has 2 aromatic rings. The standard InChI is InChI=1S/C14H13F3N4O3/c1-24-12(22)6-18-13(23)11-8-21(20-19-11)7-9-3-2-4-10(5-9)14(15,16)17/h2-5,8H,6-7H2,1H3,(H,18,23). The van der Waals surface area contributed by atoms with E-state index in [2.05, 4.69) is 20.4 Å². The fourth-order valence-electron chi connectivity index (χ4n) is 1.83. The molecule has 2 rings (SSSR count). The molecule has 0 spiro atoms. The second-order valence-corrected chi connectivity index (χ2v) is 4.76. The number of nitrogens with one attached hydrogen (secondary N) is 1. The molecular formula is C14H13F3N4O3. The molecule has 1 amide bonds. The number of nitrogens with zero attached hydrogens (tertiary/aromatic N) is 3. The lowest BCUT2D eigenvalue weighted by Crippen LogP contribution is -2.30. The van der Waals surface area contributed by atoms with E-state index in [0.29, 0.717) is 5.56 Å². The predicted molar refractivity (Wildman–Crippen MR) is 74.9 cm³/mol. The second-order valence-electron chi connectivity index (χ2n) is 4.76. The highest BCUT2D eigenvalue weighted by Gasteiger charge is 2.30. The summed E-state index contributed by atoms with van der Waals surface area (Å²) in [7, 11) is 1.18. The number of esters is 1. The van der Waals surface area contributed by atoms with Crippen molar-refractivity contribution in [3.05, 3.63) is 47.3 Å². The molecule has 1 aromatic heterocycles. The summed E-state index contributed by atoms with van der Waals surface area (Å²) in [6, 6.07) is 4.77. The van der Waals surface area contributed by atoms with Crippen molar-refractivity contribution in [1.29, 1.82) is 0 Å². The van der Waals surface area contributed by atoms with Gasteiger partial charge in [-0.1, -0.05) is 17.3 Å². The Morgan fingerprint density at radius 2 is 2.08 bits per heavy atom. The van der Waals surface area contributed by atoms with Crippen LogP contribution in [0.5, 0.6) is 0 Å². The van der Waals surface area contributed by atoms with Gasteiger partial charge in [0, 0.05) is 0 Å². The third-order valence-corrected chi connectivity index (χ3v) is 2.99. The van der Waals surface area contributed by atoms with Crippen LogP contribution in [0.3, 0.4) is 0 Å². The van der Waals surface area contributed by atoms with Crippen LogP contribution in [0.1, 0.15) is 21.6 Å². The summed E-state index contributed by atoms with van der Waals surface area (Å²) in [5, 5.41) is 9.57. The first-order valence-electron chi connectivity index (χ1n) is 6.71. The zero-order valence-corrected chi connectivity index (χ0v) is 12.5. The Labute approximate surface area is 134 Å². The SMILES string of the molecule is COC(=O)CNC(=O)c1cn(Cc2cccc(C(F)(F)F)c2)nn1. The highest BCUT2D eigenvalue weighted by Crippen LogP contribution is 2.29. The number of amides is 1. The molecule has 128 valence electrons. The molecule has 1 N–H and O–H groups in total. The van der Waals surface area contributed by atoms with Crippen LogP contribution in [0.2, 0.25) is 0 Å². The van der Waals surface area contributed by atoms with E-state index in [-0.39, 0.29) is 18.8 Å². The molecule has 0 aliphatic rings. The van der Waals surface area contributed by atoms with Crippen molar-refractivity contribution < 1.29 is 27.5 Å². The van der Waals surface area contributed by atoms with Gasteiger partial charge in [-0.15, -0.1) is 5.10 Å². The minimum absolute atomic E-state index is 0.0151. The number of alkyl halides is 3. The summed E-state index contributed by atoms with van der Waals surface area (Å²) in [5.41, 5.74) is -0.474. The van der Waals surface area contributed by atoms with E-state index in [4.69, 9.17) is 0 Å². The van der Waals surface area contributed by atoms with Crippen molar-refractivity contribution in [3.8, 4) is 0 Å². The van der Waals surface area contributed by atoms with Gasteiger partial charge >= 0.3 is 12.1 Å². The summed E-state index contributed by atoms with van der Waals surface area (Å²) >= 11 is 0. The van der Waals surface area contributed by atoms with Gasteiger partial charge in [0.25, 0.3) is 5.91 Å².